The molecule has 2 aromatic carbocycles. The van der Waals surface area contributed by atoms with Gasteiger partial charge in [-0.25, -0.2) is 13.1 Å². The minimum Gasteiger partial charge on any atom is -0.398 e. The van der Waals surface area contributed by atoms with E-state index in [0.29, 0.717) is 18.0 Å². The number of nitrogens with one attached hydrogen (secondary N) is 1. The molecule has 0 aliphatic heterocycles. The van der Waals surface area contributed by atoms with Crippen LogP contribution < -0.4 is 10.5 Å². The second-order valence-electron chi connectivity index (χ2n) is 4.31. The number of anilines is 1. The van der Waals surface area contributed by atoms with Gasteiger partial charge in [0.1, 0.15) is 4.90 Å². The molecule has 0 bridgehead atoms. The zero-order valence-corrected chi connectivity index (χ0v) is 12.3. The van der Waals surface area contributed by atoms with Crippen LogP contribution in [0.2, 0.25) is 5.02 Å². The highest BCUT2D eigenvalue weighted by atomic mass is 35.5. The fraction of sp³-hybridized carbons (Fsp3) is 0.143. The smallest absolute Gasteiger partial charge is 0.242 e. The minimum atomic E-state index is -3.57. The van der Waals surface area contributed by atoms with Crippen LogP contribution in [0.15, 0.2) is 53.4 Å². The Morgan fingerprint density at radius 3 is 2.35 bits per heavy atom. The van der Waals surface area contributed by atoms with Gasteiger partial charge in [0, 0.05) is 11.6 Å². The lowest BCUT2D eigenvalue weighted by Crippen LogP contribution is -2.26. The highest BCUT2D eigenvalue weighted by Gasteiger charge is 2.15. The average molecular weight is 311 g/mol. The lowest BCUT2D eigenvalue weighted by Gasteiger charge is -2.09. The van der Waals surface area contributed by atoms with E-state index in [0.717, 1.165) is 5.56 Å². The SMILES string of the molecule is Nc1ccccc1S(=O)(=O)NCCc1ccc(Cl)cc1. The number of hydrogen-bond acceptors (Lipinski definition) is 3. The van der Waals surface area contributed by atoms with Gasteiger partial charge in [0.25, 0.3) is 0 Å². The Morgan fingerprint density at radius 2 is 1.70 bits per heavy atom. The standard InChI is InChI=1S/C14H15ClN2O2S/c15-12-7-5-11(6-8-12)9-10-17-20(18,19)14-4-2-1-3-13(14)16/h1-8,17H,9-10,16H2. The van der Waals surface area contributed by atoms with Gasteiger partial charge in [0.2, 0.25) is 10.0 Å². The maximum Gasteiger partial charge on any atom is 0.242 e. The van der Waals surface area contributed by atoms with Crippen molar-refractivity contribution in [1.82, 2.24) is 4.72 Å². The van der Waals surface area contributed by atoms with Crippen molar-refractivity contribution < 1.29 is 8.42 Å². The van der Waals surface area contributed by atoms with E-state index >= 15 is 0 Å². The zero-order chi connectivity index (χ0) is 14.6. The van der Waals surface area contributed by atoms with Crippen LogP contribution in [-0.2, 0) is 16.4 Å². The predicted octanol–water partition coefficient (Wildman–Crippen LogP) is 2.44. The highest BCUT2D eigenvalue weighted by molar-refractivity contribution is 7.89. The minimum absolute atomic E-state index is 0.108. The van der Waals surface area contributed by atoms with Crippen molar-refractivity contribution in [2.24, 2.45) is 0 Å². The predicted molar refractivity (Wildman–Crippen MR) is 81.2 cm³/mol. The van der Waals surface area contributed by atoms with Crippen molar-refractivity contribution in [2.75, 3.05) is 12.3 Å². The molecule has 6 heteroatoms. The van der Waals surface area contributed by atoms with E-state index in [-0.39, 0.29) is 10.6 Å². The highest BCUT2D eigenvalue weighted by Crippen LogP contribution is 2.16. The molecule has 0 radical (unpaired) electrons. The number of nitrogen functional groups attached to an aromatic ring is 1. The molecule has 0 atom stereocenters. The summed E-state index contributed by atoms with van der Waals surface area (Å²) < 4.78 is 26.7. The first-order valence-corrected chi connectivity index (χ1v) is 7.94. The topological polar surface area (TPSA) is 72.2 Å². The van der Waals surface area contributed by atoms with Gasteiger partial charge in [-0.2, -0.15) is 0 Å². The summed E-state index contributed by atoms with van der Waals surface area (Å²) in [6, 6.07) is 13.7. The molecule has 2 rings (SSSR count). The zero-order valence-electron chi connectivity index (χ0n) is 10.7. The van der Waals surface area contributed by atoms with Crippen molar-refractivity contribution in [1.29, 1.82) is 0 Å². The van der Waals surface area contributed by atoms with Gasteiger partial charge in [-0.05, 0) is 36.2 Å². The molecule has 0 spiro atoms. The Bertz CT molecular complexity index is 685. The maximum absolute atomic E-state index is 12.1. The Morgan fingerprint density at radius 1 is 1.05 bits per heavy atom. The first-order valence-electron chi connectivity index (χ1n) is 6.08. The lowest BCUT2D eigenvalue weighted by molar-refractivity contribution is 0.582. The molecule has 0 saturated heterocycles. The molecule has 0 saturated carbocycles. The van der Waals surface area contributed by atoms with E-state index in [1.54, 1.807) is 30.3 Å². The number of benzene rings is 2. The van der Waals surface area contributed by atoms with Crippen molar-refractivity contribution in [3.05, 3.63) is 59.1 Å². The molecule has 0 aromatic heterocycles. The molecular formula is C14H15ClN2O2S. The third-order valence-electron chi connectivity index (χ3n) is 2.83. The van der Waals surface area contributed by atoms with Crippen LogP contribution in [-0.4, -0.2) is 15.0 Å². The second-order valence-corrected chi connectivity index (χ2v) is 6.48. The van der Waals surface area contributed by atoms with Gasteiger partial charge in [0.15, 0.2) is 0 Å². The van der Waals surface area contributed by atoms with Gasteiger partial charge < -0.3 is 5.73 Å². The Labute approximate surface area is 123 Å². The molecular weight excluding hydrogens is 296 g/mol. The average Bonchev–Trinajstić information content (AvgIpc) is 2.41. The number of rotatable bonds is 5. The van der Waals surface area contributed by atoms with Gasteiger partial charge in [-0.3, -0.25) is 0 Å². The summed E-state index contributed by atoms with van der Waals surface area (Å²) in [5.74, 6) is 0. The monoisotopic (exact) mass is 310 g/mol. The van der Waals surface area contributed by atoms with E-state index in [4.69, 9.17) is 17.3 Å². The summed E-state index contributed by atoms with van der Waals surface area (Å²) in [7, 11) is -3.57. The third kappa shape index (κ3) is 3.72. The molecule has 0 unspecified atom stereocenters. The van der Waals surface area contributed by atoms with Gasteiger partial charge in [0.05, 0.1) is 5.69 Å². The largest absolute Gasteiger partial charge is 0.398 e. The van der Waals surface area contributed by atoms with Crippen molar-refractivity contribution >= 4 is 27.3 Å². The van der Waals surface area contributed by atoms with Gasteiger partial charge in [-0.15, -0.1) is 0 Å². The van der Waals surface area contributed by atoms with Gasteiger partial charge >= 0.3 is 0 Å². The number of halogens is 1. The van der Waals surface area contributed by atoms with Crippen molar-refractivity contribution in [2.45, 2.75) is 11.3 Å². The molecule has 0 amide bonds. The molecule has 0 aliphatic rings. The molecule has 4 nitrogen and oxygen atoms in total. The van der Waals surface area contributed by atoms with Crippen molar-refractivity contribution in [3.63, 3.8) is 0 Å². The second kappa shape index (κ2) is 6.26. The first-order chi connectivity index (χ1) is 9.49. The van der Waals surface area contributed by atoms with Crippen LogP contribution in [0, 0.1) is 0 Å². The Hall–Kier alpha value is -1.56. The lowest BCUT2D eigenvalue weighted by atomic mass is 10.2. The van der Waals surface area contributed by atoms with Crippen molar-refractivity contribution in [3.8, 4) is 0 Å². The molecule has 20 heavy (non-hydrogen) atoms. The molecule has 2 aromatic rings. The van der Waals surface area contributed by atoms with E-state index in [1.807, 2.05) is 12.1 Å². The Kier molecular flexibility index (Phi) is 4.65. The summed E-state index contributed by atoms with van der Waals surface area (Å²) in [6.45, 7) is 0.304. The maximum atomic E-state index is 12.1. The van der Waals surface area contributed by atoms with Crippen LogP contribution in [0.3, 0.4) is 0 Å². The number of sulfonamides is 1. The van der Waals surface area contributed by atoms with Crippen LogP contribution in [0.25, 0.3) is 0 Å². The Balaban J connectivity index is 2.00. The van der Waals surface area contributed by atoms with Crippen LogP contribution in [0.5, 0.6) is 0 Å². The number of para-hydroxylation sites is 1. The van der Waals surface area contributed by atoms with Crippen LogP contribution in [0.1, 0.15) is 5.56 Å². The van der Waals surface area contributed by atoms with E-state index in [2.05, 4.69) is 4.72 Å². The summed E-state index contributed by atoms with van der Waals surface area (Å²) in [6.07, 6.45) is 0.586. The van der Waals surface area contributed by atoms with E-state index in [9.17, 15) is 8.42 Å². The fourth-order valence-corrected chi connectivity index (χ4v) is 3.07. The van der Waals surface area contributed by atoms with Crippen LogP contribution in [0.4, 0.5) is 5.69 Å². The molecule has 3 N–H and O–H groups in total. The molecule has 0 fully saturated rings. The summed E-state index contributed by atoms with van der Waals surface area (Å²) in [5.41, 5.74) is 6.93. The number of hydrogen-bond donors (Lipinski definition) is 2. The third-order valence-corrected chi connectivity index (χ3v) is 4.61. The fourth-order valence-electron chi connectivity index (χ4n) is 1.78. The summed E-state index contributed by atoms with van der Waals surface area (Å²) in [5, 5.41) is 0.659. The van der Waals surface area contributed by atoms with Crippen LogP contribution >= 0.6 is 11.6 Å². The van der Waals surface area contributed by atoms with E-state index < -0.39 is 10.0 Å². The first kappa shape index (κ1) is 14.8. The quantitative estimate of drug-likeness (QED) is 0.833. The summed E-state index contributed by atoms with van der Waals surface area (Å²) in [4.78, 5) is 0.108. The molecule has 106 valence electrons. The summed E-state index contributed by atoms with van der Waals surface area (Å²) >= 11 is 5.79. The van der Waals surface area contributed by atoms with Gasteiger partial charge in [-0.1, -0.05) is 35.9 Å². The molecule has 0 aliphatic carbocycles. The molecule has 0 heterocycles. The normalized spacial score (nSPS) is 11.4. The van der Waals surface area contributed by atoms with E-state index in [1.165, 1.54) is 6.07 Å². The number of nitrogens with two attached hydrogens (primary N) is 1.